The van der Waals surface area contributed by atoms with Crippen LogP contribution in [0.2, 0.25) is 0 Å². The van der Waals surface area contributed by atoms with Gasteiger partial charge >= 0.3 is 0 Å². The van der Waals surface area contributed by atoms with Crippen LogP contribution in [0.5, 0.6) is 0 Å². The lowest BCUT2D eigenvalue weighted by Crippen LogP contribution is -2.35. The van der Waals surface area contributed by atoms with Crippen LogP contribution in [0.15, 0.2) is 35.5 Å². The Morgan fingerprint density at radius 2 is 2.11 bits per heavy atom. The Labute approximate surface area is 116 Å². The van der Waals surface area contributed by atoms with E-state index in [-0.39, 0.29) is 18.6 Å². The average Bonchev–Trinajstić information content (AvgIpc) is 2.87. The summed E-state index contributed by atoms with van der Waals surface area (Å²) in [5.41, 5.74) is 3.11. The summed E-state index contributed by atoms with van der Waals surface area (Å²) < 4.78 is 0. The van der Waals surface area contributed by atoms with E-state index in [1.807, 2.05) is 24.0 Å². The third-order valence-electron chi connectivity index (χ3n) is 3.65. The van der Waals surface area contributed by atoms with Crippen molar-refractivity contribution in [1.29, 1.82) is 0 Å². The van der Waals surface area contributed by atoms with Gasteiger partial charge in [0.15, 0.2) is 0 Å². The van der Waals surface area contributed by atoms with Crippen molar-refractivity contribution in [2.45, 2.75) is 46.1 Å². The van der Waals surface area contributed by atoms with E-state index in [0.29, 0.717) is 0 Å². The molecule has 0 spiro atoms. The first-order valence-corrected chi connectivity index (χ1v) is 6.94. The van der Waals surface area contributed by atoms with Crippen molar-refractivity contribution in [3.8, 4) is 0 Å². The van der Waals surface area contributed by atoms with E-state index in [2.05, 4.69) is 13.5 Å². The molecule has 1 aliphatic rings. The van der Waals surface area contributed by atoms with Gasteiger partial charge in [-0.1, -0.05) is 31.2 Å². The van der Waals surface area contributed by atoms with Crippen LogP contribution in [-0.4, -0.2) is 35.1 Å². The van der Waals surface area contributed by atoms with Crippen molar-refractivity contribution in [3.05, 3.63) is 35.5 Å². The minimum absolute atomic E-state index is 0.0590. The second kappa shape index (κ2) is 7.29. The molecule has 1 atom stereocenters. The highest BCUT2D eigenvalue weighted by molar-refractivity contribution is 5.74. The molecule has 0 aliphatic carbocycles. The molecule has 0 saturated carbocycles. The van der Waals surface area contributed by atoms with Crippen molar-refractivity contribution in [2.75, 3.05) is 13.2 Å². The summed E-state index contributed by atoms with van der Waals surface area (Å²) in [6.07, 6.45) is 6.86. The van der Waals surface area contributed by atoms with Crippen LogP contribution >= 0.6 is 0 Å². The maximum atomic E-state index is 11.7. The molecule has 1 rings (SSSR count). The number of nitrogens with zero attached hydrogens (tertiary/aromatic N) is 1. The molecule has 3 heteroatoms. The maximum Gasteiger partial charge on any atom is 0.219 e. The number of hydrogen-bond donors (Lipinski definition) is 1. The number of carbonyl (C=O) groups is 1. The normalized spacial score (nSPS) is 20.8. The van der Waals surface area contributed by atoms with E-state index in [4.69, 9.17) is 5.11 Å². The summed E-state index contributed by atoms with van der Waals surface area (Å²) >= 11 is 0. The first kappa shape index (κ1) is 15.7. The molecule has 0 bridgehead atoms. The molecule has 0 aromatic carbocycles. The Hall–Kier alpha value is -1.35. The van der Waals surface area contributed by atoms with Gasteiger partial charge in [-0.2, -0.15) is 0 Å². The van der Waals surface area contributed by atoms with Crippen LogP contribution in [-0.2, 0) is 4.79 Å². The van der Waals surface area contributed by atoms with Crippen molar-refractivity contribution in [3.63, 3.8) is 0 Å². The largest absolute Gasteiger partial charge is 0.392 e. The van der Waals surface area contributed by atoms with Gasteiger partial charge in [0, 0.05) is 13.5 Å². The molecular formula is C16H25NO2. The van der Waals surface area contributed by atoms with Gasteiger partial charge in [0.1, 0.15) is 0 Å². The number of amides is 1. The van der Waals surface area contributed by atoms with Gasteiger partial charge in [-0.15, -0.1) is 0 Å². The molecule has 0 radical (unpaired) electrons. The number of rotatable bonds is 5. The van der Waals surface area contributed by atoms with E-state index >= 15 is 0 Å². The predicted molar refractivity (Wildman–Crippen MR) is 78.8 cm³/mol. The highest BCUT2D eigenvalue weighted by atomic mass is 16.3. The zero-order valence-electron chi connectivity index (χ0n) is 12.3. The fourth-order valence-corrected chi connectivity index (χ4v) is 2.42. The van der Waals surface area contributed by atoms with Gasteiger partial charge in [0.2, 0.25) is 5.91 Å². The van der Waals surface area contributed by atoms with E-state index in [0.717, 1.165) is 42.5 Å². The molecule has 106 valence electrons. The van der Waals surface area contributed by atoms with Gasteiger partial charge in [-0.25, -0.2) is 0 Å². The Morgan fingerprint density at radius 3 is 2.63 bits per heavy atom. The predicted octanol–water partition coefficient (Wildman–Crippen LogP) is 2.83. The minimum atomic E-state index is 0.0590. The number of aliphatic hydroxyl groups excluding tert-OH is 1. The SMILES string of the molecule is C=C(CC)C(=CC=C(C)CO)C1CCCN1C(C)=O. The average molecular weight is 263 g/mol. The summed E-state index contributed by atoms with van der Waals surface area (Å²) in [4.78, 5) is 13.6. The Balaban J connectivity index is 3.03. The van der Waals surface area contributed by atoms with Crippen LogP contribution in [0.25, 0.3) is 0 Å². The minimum Gasteiger partial charge on any atom is -0.392 e. The molecule has 1 unspecified atom stereocenters. The summed E-state index contributed by atoms with van der Waals surface area (Å²) in [5.74, 6) is 0.125. The molecule has 1 N–H and O–H groups in total. The number of allylic oxidation sites excluding steroid dienone is 2. The number of carbonyl (C=O) groups excluding carboxylic acids is 1. The number of hydrogen-bond acceptors (Lipinski definition) is 2. The third-order valence-corrected chi connectivity index (χ3v) is 3.65. The van der Waals surface area contributed by atoms with E-state index in [1.165, 1.54) is 0 Å². The van der Waals surface area contributed by atoms with Crippen LogP contribution in [0.3, 0.4) is 0 Å². The summed E-state index contributed by atoms with van der Waals surface area (Å²) in [5, 5.41) is 9.06. The lowest BCUT2D eigenvalue weighted by Gasteiger charge is -2.26. The molecule has 0 aromatic rings. The van der Waals surface area contributed by atoms with Crippen molar-refractivity contribution in [1.82, 2.24) is 4.90 Å². The first-order valence-electron chi connectivity index (χ1n) is 6.94. The van der Waals surface area contributed by atoms with Gasteiger partial charge in [-0.3, -0.25) is 4.79 Å². The highest BCUT2D eigenvalue weighted by Gasteiger charge is 2.29. The second-order valence-electron chi connectivity index (χ2n) is 5.12. The maximum absolute atomic E-state index is 11.7. The fraction of sp³-hybridized carbons (Fsp3) is 0.562. The molecule has 1 amide bonds. The summed E-state index contributed by atoms with van der Waals surface area (Å²) in [7, 11) is 0. The Morgan fingerprint density at radius 1 is 1.42 bits per heavy atom. The lowest BCUT2D eigenvalue weighted by molar-refractivity contribution is -0.129. The standard InChI is InChI=1S/C16H25NO2/c1-5-13(3)15(9-8-12(2)11-18)16-7-6-10-17(16)14(4)19/h8-9,16,18H,3,5-7,10-11H2,1-2,4H3. The summed E-state index contributed by atoms with van der Waals surface area (Å²) in [6.45, 7) is 10.6. The Kier molecular flexibility index (Phi) is 6.03. The van der Waals surface area contributed by atoms with Gasteiger partial charge in [-0.05, 0) is 37.3 Å². The van der Waals surface area contributed by atoms with Crippen molar-refractivity contribution in [2.24, 2.45) is 0 Å². The number of aliphatic hydroxyl groups is 1. The zero-order valence-corrected chi connectivity index (χ0v) is 12.3. The smallest absolute Gasteiger partial charge is 0.219 e. The second-order valence-corrected chi connectivity index (χ2v) is 5.12. The van der Waals surface area contributed by atoms with Crippen molar-refractivity contribution >= 4 is 5.91 Å². The van der Waals surface area contributed by atoms with Gasteiger partial charge in [0.05, 0.1) is 12.6 Å². The molecule has 0 aromatic heterocycles. The molecule has 1 fully saturated rings. The number of likely N-dealkylation sites (tertiary alicyclic amines) is 1. The zero-order chi connectivity index (χ0) is 14.4. The third kappa shape index (κ3) is 4.06. The summed E-state index contributed by atoms with van der Waals surface area (Å²) in [6, 6.07) is 0.146. The molecule has 3 nitrogen and oxygen atoms in total. The quantitative estimate of drug-likeness (QED) is 0.775. The first-order chi connectivity index (χ1) is 9.01. The van der Waals surface area contributed by atoms with Crippen LogP contribution in [0.4, 0.5) is 0 Å². The topological polar surface area (TPSA) is 40.5 Å². The fourth-order valence-electron chi connectivity index (χ4n) is 2.42. The molecule has 1 aliphatic heterocycles. The molecule has 19 heavy (non-hydrogen) atoms. The van der Waals surface area contributed by atoms with Gasteiger partial charge < -0.3 is 10.0 Å². The molecular weight excluding hydrogens is 238 g/mol. The van der Waals surface area contributed by atoms with Crippen LogP contribution < -0.4 is 0 Å². The Bertz CT molecular complexity index is 407. The van der Waals surface area contributed by atoms with E-state index < -0.39 is 0 Å². The van der Waals surface area contributed by atoms with Crippen LogP contribution in [0.1, 0.15) is 40.0 Å². The van der Waals surface area contributed by atoms with Crippen molar-refractivity contribution < 1.29 is 9.90 Å². The molecule has 1 heterocycles. The van der Waals surface area contributed by atoms with E-state index in [1.54, 1.807) is 6.92 Å². The van der Waals surface area contributed by atoms with Crippen LogP contribution in [0, 0.1) is 0 Å². The lowest BCUT2D eigenvalue weighted by atomic mass is 9.95. The monoisotopic (exact) mass is 263 g/mol. The highest BCUT2D eigenvalue weighted by Crippen LogP contribution is 2.29. The van der Waals surface area contributed by atoms with E-state index in [9.17, 15) is 4.79 Å². The molecule has 1 saturated heterocycles. The van der Waals surface area contributed by atoms with Gasteiger partial charge in [0.25, 0.3) is 0 Å².